The molecular weight excluding hydrogens is 773 g/mol. The number of aromatic carboxylic acids is 1. The summed E-state index contributed by atoms with van der Waals surface area (Å²) in [5.74, 6) is -6.58. The number of anilines is 2. The summed E-state index contributed by atoms with van der Waals surface area (Å²) in [6.45, 7) is 0. The second-order valence-corrected chi connectivity index (χ2v) is 15.7. The zero-order valence-electron chi connectivity index (χ0n) is 30.1. The number of phenols is 1. The highest BCUT2D eigenvalue weighted by atomic mass is 35.5. The number of hydrogen-bond donors (Lipinski definition) is 3. The van der Waals surface area contributed by atoms with Gasteiger partial charge < -0.3 is 19.7 Å². The topological polar surface area (TPSA) is 163 Å². The lowest BCUT2D eigenvalue weighted by molar-refractivity contribution is -0.139. The number of carboxylic acids is 1. The lowest BCUT2D eigenvalue weighted by atomic mass is 9.48. The predicted molar refractivity (Wildman–Crippen MR) is 208 cm³/mol. The highest BCUT2D eigenvalue weighted by Crippen LogP contribution is 2.63. The number of hydrogen-bond acceptors (Lipinski definition) is 9. The van der Waals surface area contributed by atoms with E-state index in [0.717, 1.165) is 9.91 Å². The molecule has 2 saturated heterocycles. The molecule has 0 aromatic heterocycles. The van der Waals surface area contributed by atoms with Crippen LogP contribution in [0.1, 0.15) is 34.3 Å². The summed E-state index contributed by atoms with van der Waals surface area (Å²) in [5, 5.41) is 21.7. The largest absolute Gasteiger partial charge is 0.508 e. The smallest absolute Gasteiger partial charge is 0.335 e. The van der Waals surface area contributed by atoms with Crippen LogP contribution in [0.15, 0.2) is 108 Å². The fraction of sp³-hybridized carbons (Fsp3) is 0.233. The summed E-state index contributed by atoms with van der Waals surface area (Å²) in [6.07, 6.45) is 3.92. The molecular formula is C43H33Cl2N3O9. The molecule has 2 aliphatic carbocycles. The summed E-state index contributed by atoms with van der Waals surface area (Å²) in [5.41, 5.74) is 4.21. The van der Waals surface area contributed by atoms with Crippen molar-refractivity contribution in [3.8, 4) is 17.2 Å². The van der Waals surface area contributed by atoms with Gasteiger partial charge in [0.15, 0.2) is 0 Å². The molecule has 14 heteroatoms. The van der Waals surface area contributed by atoms with Gasteiger partial charge in [-0.15, -0.1) is 0 Å². The summed E-state index contributed by atoms with van der Waals surface area (Å²) in [7, 11) is 1.53. The van der Waals surface area contributed by atoms with Gasteiger partial charge in [0.2, 0.25) is 11.8 Å². The number of rotatable bonds is 7. The van der Waals surface area contributed by atoms with Crippen LogP contribution in [-0.2, 0) is 31.0 Å². The van der Waals surface area contributed by atoms with E-state index in [9.17, 15) is 24.6 Å². The molecule has 9 rings (SSSR count). The van der Waals surface area contributed by atoms with E-state index in [4.69, 9.17) is 32.7 Å². The molecule has 3 N–H and O–H groups in total. The van der Waals surface area contributed by atoms with E-state index in [1.807, 2.05) is 6.08 Å². The summed E-state index contributed by atoms with van der Waals surface area (Å²) < 4.78 is 11.7. The number of carboxylic acid groups (broad SMARTS) is 1. The maximum Gasteiger partial charge on any atom is 0.335 e. The van der Waals surface area contributed by atoms with Crippen LogP contribution in [0.3, 0.4) is 0 Å². The first-order valence-electron chi connectivity index (χ1n) is 18.3. The summed E-state index contributed by atoms with van der Waals surface area (Å²) >= 11 is 12.7. The zero-order chi connectivity index (χ0) is 39.9. The first kappa shape index (κ1) is 36.5. The molecule has 0 spiro atoms. The average molecular weight is 807 g/mol. The van der Waals surface area contributed by atoms with Gasteiger partial charge in [-0.25, -0.2) is 4.79 Å². The molecule has 4 aromatic rings. The number of carbonyl (C=O) groups is 5. The molecule has 4 aromatic carbocycles. The van der Waals surface area contributed by atoms with Crippen LogP contribution in [0.4, 0.5) is 11.4 Å². The maximum atomic E-state index is 15.5. The fourth-order valence-electron chi connectivity index (χ4n) is 9.69. The van der Waals surface area contributed by atoms with Crippen LogP contribution in [0.5, 0.6) is 17.2 Å². The number of imide groups is 2. The number of phenolic OH excluding ortho intramolecular Hbond substituents is 1. The monoisotopic (exact) mass is 805 g/mol. The quantitative estimate of drug-likeness (QED) is 0.132. The lowest BCUT2D eigenvalue weighted by Crippen LogP contribution is -2.55. The van der Waals surface area contributed by atoms with Crippen molar-refractivity contribution in [2.75, 3.05) is 17.4 Å². The molecule has 5 aliphatic rings. The number of carbonyl (C=O) groups excluding carboxylic acids is 4. The first-order valence-corrected chi connectivity index (χ1v) is 19.0. The van der Waals surface area contributed by atoms with Crippen LogP contribution in [0.25, 0.3) is 0 Å². The minimum atomic E-state index is -1.60. The number of fused-ring (bicyclic) bond motifs is 5. The fourth-order valence-corrected chi connectivity index (χ4v) is 10.1. The van der Waals surface area contributed by atoms with Crippen molar-refractivity contribution in [2.24, 2.45) is 29.6 Å². The number of nitrogens with zero attached hydrogens (tertiary/aromatic N) is 2. The lowest BCUT2D eigenvalue weighted by Gasteiger charge is -2.51. The molecule has 4 amide bonds. The SMILES string of the molecule is COc1ccc([C@@]23C(=O)N(Nc4ccc(Cl)cc4Cl)C(=O)[C@@H]2C[C@@H]2C(=CC[C@@H]4C(=O)N(c5cccc(C(=O)O)c5)C(=O)[C@@H]42)[C@@H]3C2=COc3ccc(O)cc3C2)cc1. The predicted octanol–water partition coefficient (Wildman–Crippen LogP) is 6.95. The van der Waals surface area contributed by atoms with Gasteiger partial charge in [0.05, 0.1) is 58.5 Å². The summed E-state index contributed by atoms with van der Waals surface area (Å²) in [4.78, 5) is 72.3. The molecule has 0 unspecified atom stereocenters. The molecule has 57 heavy (non-hydrogen) atoms. The third-order valence-corrected chi connectivity index (χ3v) is 12.6. The van der Waals surface area contributed by atoms with Crippen molar-refractivity contribution >= 4 is 64.2 Å². The number of nitrogens with one attached hydrogen (secondary N) is 1. The Balaban J connectivity index is 1.23. The molecule has 1 saturated carbocycles. The average Bonchev–Trinajstić information content (AvgIpc) is 3.59. The van der Waals surface area contributed by atoms with E-state index in [2.05, 4.69) is 5.43 Å². The van der Waals surface area contributed by atoms with Crippen LogP contribution in [0.2, 0.25) is 10.0 Å². The van der Waals surface area contributed by atoms with E-state index in [1.165, 1.54) is 43.5 Å². The van der Waals surface area contributed by atoms with Crippen molar-refractivity contribution in [1.82, 2.24) is 5.01 Å². The number of ether oxygens (including phenoxy) is 2. The van der Waals surface area contributed by atoms with E-state index >= 15 is 9.59 Å². The van der Waals surface area contributed by atoms with Crippen molar-refractivity contribution < 1.29 is 43.7 Å². The second-order valence-electron chi connectivity index (χ2n) is 14.9. The van der Waals surface area contributed by atoms with Gasteiger partial charge in [-0.3, -0.25) is 29.5 Å². The molecule has 288 valence electrons. The third kappa shape index (κ3) is 5.53. The van der Waals surface area contributed by atoms with E-state index in [1.54, 1.807) is 54.8 Å². The molecule has 12 nitrogen and oxygen atoms in total. The number of aromatic hydroxyl groups is 1. The molecule has 3 heterocycles. The maximum absolute atomic E-state index is 15.5. The third-order valence-electron chi connectivity index (χ3n) is 12.1. The Hall–Kier alpha value is -6.11. The van der Waals surface area contributed by atoms with Crippen LogP contribution in [0, 0.1) is 29.6 Å². The Morgan fingerprint density at radius 3 is 2.46 bits per heavy atom. The molecule has 0 bridgehead atoms. The normalized spacial score (nSPS) is 26.1. The molecule has 3 fully saturated rings. The van der Waals surface area contributed by atoms with Crippen molar-refractivity contribution in [3.63, 3.8) is 0 Å². The Morgan fingerprint density at radius 2 is 1.72 bits per heavy atom. The summed E-state index contributed by atoms with van der Waals surface area (Å²) in [6, 6.07) is 22.0. The van der Waals surface area contributed by atoms with Crippen molar-refractivity contribution in [1.29, 1.82) is 0 Å². The Bertz CT molecular complexity index is 2500. The van der Waals surface area contributed by atoms with Gasteiger partial charge in [0.25, 0.3) is 11.8 Å². The number of amides is 4. The van der Waals surface area contributed by atoms with Gasteiger partial charge in [0.1, 0.15) is 17.2 Å². The minimum Gasteiger partial charge on any atom is -0.508 e. The van der Waals surface area contributed by atoms with Gasteiger partial charge in [0, 0.05) is 22.9 Å². The Morgan fingerprint density at radius 1 is 0.930 bits per heavy atom. The first-order chi connectivity index (χ1) is 27.4. The van der Waals surface area contributed by atoms with E-state index in [-0.39, 0.29) is 47.0 Å². The van der Waals surface area contributed by atoms with Crippen molar-refractivity contribution in [3.05, 3.63) is 135 Å². The highest BCUT2D eigenvalue weighted by molar-refractivity contribution is 6.36. The second kappa shape index (κ2) is 13.5. The van der Waals surface area contributed by atoms with Gasteiger partial charge in [-0.05, 0) is 96.6 Å². The van der Waals surface area contributed by atoms with E-state index < -0.39 is 64.6 Å². The number of halogens is 2. The van der Waals surface area contributed by atoms with Crippen LogP contribution >= 0.6 is 23.2 Å². The molecule has 3 aliphatic heterocycles. The Kier molecular flexibility index (Phi) is 8.67. The molecule has 6 atom stereocenters. The van der Waals surface area contributed by atoms with Crippen molar-refractivity contribution in [2.45, 2.75) is 24.7 Å². The highest BCUT2D eigenvalue weighted by Gasteiger charge is 2.71. The zero-order valence-corrected chi connectivity index (χ0v) is 31.7. The Labute approximate surface area is 335 Å². The number of methoxy groups -OCH3 is 1. The van der Waals surface area contributed by atoms with Gasteiger partial charge >= 0.3 is 5.97 Å². The number of allylic oxidation sites excluding steroid dienone is 3. The number of hydrazine groups is 1. The van der Waals surface area contributed by atoms with Crippen LogP contribution < -0.4 is 19.8 Å². The number of benzene rings is 4. The van der Waals surface area contributed by atoms with Gasteiger partial charge in [-0.2, -0.15) is 5.01 Å². The standard InChI is InChI=1S/C43H33Cl2N3O9/c1-56-28-9-5-24(6-10-28)43-32(39(51)48(42(43)55)46-34-13-7-25(44)18-33(34)45)19-31-29(37(43)23-15-22-17-27(49)8-14-35(22)57-20-23)11-12-30-36(31)40(52)47(38(30)50)26-4-2-3-21(16-26)41(53)54/h2-11,13-14,16-18,20,30-32,36-37,46,49H,12,15,19H2,1H3,(H,53,54)/t30-,31+,32-,36-,37-,43+/m0/s1. The minimum absolute atomic E-state index is 0.0204. The van der Waals surface area contributed by atoms with E-state index in [0.29, 0.717) is 38.8 Å². The van der Waals surface area contributed by atoms with Gasteiger partial charge in [-0.1, -0.05) is 53.1 Å². The van der Waals surface area contributed by atoms with Crippen LogP contribution in [-0.4, -0.2) is 51.9 Å². The molecule has 0 radical (unpaired) electrons.